The highest BCUT2D eigenvalue weighted by Crippen LogP contribution is 2.25. The third kappa shape index (κ3) is 4.13. The molecule has 0 saturated heterocycles. The Hall–Kier alpha value is -3.24. The van der Waals surface area contributed by atoms with E-state index in [0.717, 1.165) is 16.9 Å². The van der Waals surface area contributed by atoms with Crippen LogP contribution in [-0.2, 0) is 6.54 Å². The van der Waals surface area contributed by atoms with Crippen LogP contribution in [0.5, 0.6) is 0 Å². The molecule has 1 aromatic heterocycles. The number of hydrogen-bond donors (Lipinski definition) is 2. The van der Waals surface area contributed by atoms with Crippen LogP contribution in [0.3, 0.4) is 0 Å². The highest BCUT2D eigenvalue weighted by Gasteiger charge is 2.05. The molecule has 0 unspecified atom stereocenters. The molecule has 0 fully saturated rings. The summed E-state index contributed by atoms with van der Waals surface area (Å²) in [6.07, 6.45) is 0. The van der Waals surface area contributed by atoms with Crippen molar-refractivity contribution in [3.63, 3.8) is 0 Å². The molecule has 0 radical (unpaired) electrons. The van der Waals surface area contributed by atoms with E-state index in [4.69, 9.17) is 12.2 Å². The van der Waals surface area contributed by atoms with Crippen LogP contribution in [0.1, 0.15) is 5.56 Å². The predicted molar refractivity (Wildman–Crippen MR) is 114 cm³/mol. The summed E-state index contributed by atoms with van der Waals surface area (Å²) >= 11 is 5.38. The average Bonchev–Trinajstić information content (AvgIpc) is 2.75. The maximum Gasteiger partial charge on any atom is 0.143 e. The van der Waals surface area contributed by atoms with Gasteiger partial charge in [0.1, 0.15) is 4.64 Å². The summed E-state index contributed by atoms with van der Waals surface area (Å²) in [6, 6.07) is 31.0. The van der Waals surface area contributed by atoms with Crippen LogP contribution >= 0.6 is 12.2 Å². The van der Waals surface area contributed by atoms with E-state index in [0.29, 0.717) is 11.2 Å². The molecule has 4 rings (SSSR count). The Labute approximate surface area is 163 Å². The number of aromatic amines is 1. The second kappa shape index (κ2) is 7.98. The van der Waals surface area contributed by atoms with Crippen molar-refractivity contribution in [1.29, 1.82) is 0 Å². The third-order valence-electron chi connectivity index (χ3n) is 4.42. The highest BCUT2D eigenvalue weighted by atomic mass is 32.1. The first kappa shape index (κ1) is 17.2. The van der Waals surface area contributed by atoms with E-state index in [1.54, 1.807) is 0 Å². The molecule has 3 aromatic carbocycles. The first-order valence-corrected chi connectivity index (χ1v) is 9.24. The Bertz CT molecular complexity index is 1070. The lowest BCUT2D eigenvalue weighted by molar-refractivity contribution is 1.01. The third-order valence-corrected chi connectivity index (χ3v) is 4.73. The molecule has 2 N–H and O–H groups in total. The number of aromatic nitrogens is 2. The lowest BCUT2D eigenvalue weighted by atomic mass is 10.0. The van der Waals surface area contributed by atoms with Gasteiger partial charge >= 0.3 is 0 Å². The number of nitrogens with one attached hydrogen (secondary N) is 2. The molecule has 3 nitrogen and oxygen atoms in total. The van der Waals surface area contributed by atoms with Crippen LogP contribution < -0.4 is 5.32 Å². The zero-order valence-electron chi connectivity index (χ0n) is 14.7. The number of nitrogens with zero attached hydrogens (tertiary/aromatic N) is 1. The Balaban J connectivity index is 1.56. The fourth-order valence-electron chi connectivity index (χ4n) is 2.94. The number of rotatable bonds is 5. The first-order chi connectivity index (χ1) is 13.3. The number of benzene rings is 3. The van der Waals surface area contributed by atoms with Crippen molar-refractivity contribution in [2.75, 3.05) is 5.32 Å². The van der Waals surface area contributed by atoms with Crippen LogP contribution in [0.25, 0.3) is 22.4 Å². The molecule has 0 spiro atoms. The van der Waals surface area contributed by atoms with Gasteiger partial charge in [-0.3, -0.25) is 5.10 Å². The SMILES string of the molecule is S=c1[nH]nc(-c2ccc(-c3ccccc3)cc2)cc1NCc1ccccc1. The van der Waals surface area contributed by atoms with Crippen LogP contribution in [-0.4, -0.2) is 10.2 Å². The Morgan fingerprint density at radius 3 is 2.04 bits per heavy atom. The van der Waals surface area contributed by atoms with Crippen LogP contribution in [0, 0.1) is 4.64 Å². The molecule has 0 saturated carbocycles. The Morgan fingerprint density at radius 1 is 0.741 bits per heavy atom. The van der Waals surface area contributed by atoms with Gasteiger partial charge in [-0.2, -0.15) is 5.10 Å². The van der Waals surface area contributed by atoms with Gasteiger partial charge in [-0.15, -0.1) is 0 Å². The van der Waals surface area contributed by atoms with Gasteiger partial charge in [0.15, 0.2) is 0 Å². The summed E-state index contributed by atoms with van der Waals surface area (Å²) in [4.78, 5) is 0. The van der Waals surface area contributed by atoms with E-state index in [-0.39, 0.29) is 0 Å². The molecule has 0 aliphatic heterocycles. The van der Waals surface area contributed by atoms with Crippen LogP contribution in [0.2, 0.25) is 0 Å². The molecule has 4 aromatic rings. The number of H-pyrrole nitrogens is 1. The van der Waals surface area contributed by atoms with E-state index in [2.05, 4.69) is 64.0 Å². The van der Waals surface area contributed by atoms with Crippen molar-refractivity contribution in [1.82, 2.24) is 10.2 Å². The van der Waals surface area contributed by atoms with Gasteiger partial charge in [-0.25, -0.2) is 0 Å². The van der Waals surface area contributed by atoms with Gasteiger partial charge < -0.3 is 5.32 Å². The minimum Gasteiger partial charge on any atom is -0.378 e. The summed E-state index contributed by atoms with van der Waals surface area (Å²) < 4.78 is 0.607. The molecule has 4 heteroatoms. The van der Waals surface area contributed by atoms with Gasteiger partial charge in [0.05, 0.1) is 11.4 Å². The topological polar surface area (TPSA) is 40.7 Å². The lowest BCUT2D eigenvalue weighted by Gasteiger charge is -2.09. The van der Waals surface area contributed by atoms with E-state index >= 15 is 0 Å². The van der Waals surface area contributed by atoms with Gasteiger partial charge in [-0.1, -0.05) is 97.1 Å². The smallest absolute Gasteiger partial charge is 0.143 e. The monoisotopic (exact) mass is 369 g/mol. The van der Waals surface area contributed by atoms with Gasteiger partial charge in [0.2, 0.25) is 0 Å². The molecule has 0 aliphatic carbocycles. The summed E-state index contributed by atoms with van der Waals surface area (Å²) in [7, 11) is 0. The Morgan fingerprint density at radius 2 is 1.33 bits per heavy atom. The number of hydrogen-bond acceptors (Lipinski definition) is 3. The second-order valence-corrected chi connectivity index (χ2v) is 6.69. The summed E-state index contributed by atoms with van der Waals surface area (Å²) in [5.74, 6) is 0. The molecule has 0 bridgehead atoms. The lowest BCUT2D eigenvalue weighted by Crippen LogP contribution is -2.02. The zero-order chi connectivity index (χ0) is 18.5. The summed E-state index contributed by atoms with van der Waals surface area (Å²) in [6.45, 7) is 0.717. The van der Waals surface area contributed by atoms with E-state index in [1.807, 2.05) is 42.5 Å². The van der Waals surface area contributed by atoms with E-state index < -0.39 is 0 Å². The largest absolute Gasteiger partial charge is 0.378 e. The normalized spacial score (nSPS) is 10.5. The molecule has 132 valence electrons. The van der Waals surface area contributed by atoms with Crippen molar-refractivity contribution < 1.29 is 0 Å². The fraction of sp³-hybridized carbons (Fsp3) is 0.0435. The maximum atomic E-state index is 5.38. The molecule has 1 heterocycles. The average molecular weight is 369 g/mol. The standard InChI is InChI=1S/C23H19N3S/c27-23-22(24-16-17-7-3-1-4-8-17)15-21(25-26-23)20-13-11-19(12-14-20)18-9-5-2-6-10-18/h1-15H,16H2,(H,24,25)(H,26,27). The molecule has 27 heavy (non-hydrogen) atoms. The van der Waals surface area contributed by atoms with E-state index in [1.165, 1.54) is 16.7 Å². The van der Waals surface area contributed by atoms with Gasteiger partial charge in [0.25, 0.3) is 0 Å². The minimum absolute atomic E-state index is 0.607. The quantitative estimate of drug-likeness (QED) is 0.419. The summed E-state index contributed by atoms with van der Waals surface area (Å²) in [5.41, 5.74) is 6.38. The van der Waals surface area contributed by atoms with Crippen molar-refractivity contribution in [2.45, 2.75) is 6.54 Å². The van der Waals surface area contributed by atoms with Gasteiger partial charge in [-0.05, 0) is 22.8 Å². The number of anilines is 1. The maximum absolute atomic E-state index is 5.38. The zero-order valence-corrected chi connectivity index (χ0v) is 15.5. The summed E-state index contributed by atoms with van der Waals surface area (Å²) in [5, 5.41) is 10.8. The Kier molecular flexibility index (Phi) is 5.08. The van der Waals surface area contributed by atoms with Gasteiger partial charge in [0, 0.05) is 12.1 Å². The van der Waals surface area contributed by atoms with E-state index in [9.17, 15) is 0 Å². The molecule has 0 atom stereocenters. The molecular weight excluding hydrogens is 350 g/mol. The van der Waals surface area contributed by atoms with Crippen molar-refractivity contribution in [2.24, 2.45) is 0 Å². The first-order valence-electron chi connectivity index (χ1n) is 8.83. The van der Waals surface area contributed by atoms with Crippen molar-refractivity contribution >= 4 is 17.9 Å². The molecular formula is C23H19N3S. The van der Waals surface area contributed by atoms with Crippen molar-refractivity contribution in [3.05, 3.63) is 101 Å². The highest BCUT2D eigenvalue weighted by molar-refractivity contribution is 7.71. The molecule has 0 aliphatic rings. The van der Waals surface area contributed by atoms with Crippen LogP contribution in [0.15, 0.2) is 91.0 Å². The molecule has 0 amide bonds. The van der Waals surface area contributed by atoms with Crippen LogP contribution in [0.4, 0.5) is 5.69 Å². The fourth-order valence-corrected chi connectivity index (χ4v) is 3.12. The van der Waals surface area contributed by atoms with Crippen molar-refractivity contribution in [3.8, 4) is 22.4 Å². The minimum atomic E-state index is 0.607. The predicted octanol–water partition coefficient (Wildman–Crippen LogP) is 6.09. The second-order valence-electron chi connectivity index (χ2n) is 6.28.